The lowest BCUT2D eigenvalue weighted by atomic mass is 10.4. The Hall–Kier alpha value is -0.440. The molecular formula is C11H16BrNO4S2. The summed E-state index contributed by atoms with van der Waals surface area (Å²) in [5.41, 5.74) is 0. The first kappa shape index (κ1) is 16.6. The third-order valence-electron chi connectivity index (χ3n) is 2.29. The minimum atomic E-state index is -3.70. The van der Waals surface area contributed by atoms with E-state index in [-0.39, 0.29) is 23.4 Å². The molecule has 0 saturated carbocycles. The van der Waals surface area contributed by atoms with Gasteiger partial charge in [-0.25, -0.2) is 8.42 Å². The van der Waals surface area contributed by atoms with Gasteiger partial charge < -0.3 is 4.74 Å². The van der Waals surface area contributed by atoms with Crippen molar-refractivity contribution < 1.29 is 17.9 Å². The zero-order chi connectivity index (χ0) is 14.6. The molecule has 0 fully saturated rings. The molecule has 1 heterocycles. The fraction of sp³-hybridized carbons (Fsp3) is 0.545. The molecule has 0 atom stereocenters. The monoisotopic (exact) mass is 369 g/mol. The zero-order valence-electron chi connectivity index (χ0n) is 10.9. The second kappa shape index (κ2) is 6.83. The molecule has 8 heteroatoms. The van der Waals surface area contributed by atoms with Gasteiger partial charge in [0.1, 0.15) is 10.8 Å². The van der Waals surface area contributed by atoms with E-state index in [9.17, 15) is 13.2 Å². The Kier molecular flexibility index (Phi) is 5.97. The molecule has 0 bridgehead atoms. The number of ether oxygens (including phenoxy) is 1. The predicted molar refractivity (Wildman–Crippen MR) is 77.7 cm³/mol. The molecule has 0 aromatic carbocycles. The number of rotatable bonds is 6. The largest absolute Gasteiger partial charge is 0.465 e. The van der Waals surface area contributed by atoms with Crippen LogP contribution in [0, 0.1) is 0 Å². The van der Waals surface area contributed by atoms with E-state index in [2.05, 4.69) is 15.9 Å². The molecule has 19 heavy (non-hydrogen) atoms. The maximum absolute atomic E-state index is 12.5. The average Bonchev–Trinajstić information content (AvgIpc) is 2.72. The predicted octanol–water partition coefficient (Wildman–Crippen LogP) is 2.47. The minimum absolute atomic E-state index is 0.200. The summed E-state index contributed by atoms with van der Waals surface area (Å²) >= 11 is 4.32. The molecule has 0 N–H and O–H groups in total. The van der Waals surface area contributed by atoms with Gasteiger partial charge in [-0.05, 0) is 48.1 Å². The van der Waals surface area contributed by atoms with E-state index in [1.165, 1.54) is 0 Å². The highest BCUT2D eigenvalue weighted by molar-refractivity contribution is 9.10. The van der Waals surface area contributed by atoms with E-state index >= 15 is 0 Å². The van der Waals surface area contributed by atoms with Gasteiger partial charge >= 0.3 is 5.97 Å². The molecule has 1 aromatic heterocycles. The maximum atomic E-state index is 12.5. The highest BCUT2D eigenvalue weighted by atomic mass is 79.9. The molecule has 5 nitrogen and oxygen atoms in total. The van der Waals surface area contributed by atoms with Gasteiger partial charge in [0, 0.05) is 10.5 Å². The normalized spacial score (nSPS) is 12.1. The number of thiophene rings is 1. The molecule has 0 aliphatic heterocycles. The molecule has 0 aliphatic carbocycles. The molecule has 1 aromatic rings. The summed E-state index contributed by atoms with van der Waals surface area (Å²) in [6.07, 6.45) is 0. The first-order valence-electron chi connectivity index (χ1n) is 5.71. The van der Waals surface area contributed by atoms with Crippen LogP contribution in [0.25, 0.3) is 0 Å². The second-order valence-corrected chi connectivity index (χ2v) is 7.86. The van der Waals surface area contributed by atoms with Crippen LogP contribution < -0.4 is 0 Å². The Morgan fingerprint density at radius 3 is 2.58 bits per heavy atom. The number of carbonyl (C=O) groups excluding carboxylic acids is 1. The summed E-state index contributed by atoms with van der Waals surface area (Å²) in [6, 6.07) is 1.34. The second-order valence-electron chi connectivity index (χ2n) is 4.01. The Bertz CT molecular complexity index is 539. The molecule has 0 radical (unpaired) electrons. The van der Waals surface area contributed by atoms with Gasteiger partial charge in [-0.1, -0.05) is 0 Å². The average molecular weight is 370 g/mol. The Morgan fingerprint density at radius 2 is 2.16 bits per heavy atom. The molecule has 1 rings (SSSR count). The lowest BCUT2D eigenvalue weighted by Gasteiger charge is -2.24. The van der Waals surface area contributed by atoms with Crippen molar-refractivity contribution in [3.05, 3.63) is 15.9 Å². The van der Waals surface area contributed by atoms with Crippen LogP contribution in [0.5, 0.6) is 0 Å². The van der Waals surface area contributed by atoms with E-state index in [0.29, 0.717) is 4.47 Å². The van der Waals surface area contributed by atoms with Crippen molar-refractivity contribution in [1.29, 1.82) is 0 Å². The van der Waals surface area contributed by atoms with Gasteiger partial charge in [-0.3, -0.25) is 4.79 Å². The molecule has 0 amide bonds. The first-order valence-corrected chi connectivity index (χ1v) is 8.82. The standard InChI is InChI=1S/C11H16BrNO4S2/c1-4-17-10(14)7-13(8(2)3)19(15,16)11-9(12)5-6-18-11/h5-6,8H,4,7H2,1-3H3. The number of nitrogens with zero attached hydrogens (tertiary/aromatic N) is 1. The van der Waals surface area contributed by atoms with Crippen molar-refractivity contribution in [1.82, 2.24) is 4.31 Å². The molecule has 0 unspecified atom stereocenters. The van der Waals surface area contributed by atoms with Crippen molar-refractivity contribution in [3.63, 3.8) is 0 Å². The molecule has 0 spiro atoms. The van der Waals surface area contributed by atoms with E-state index in [4.69, 9.17) is 4.74 Å². The Labute approximate surface area is 125 Å². The van der Waals surface area contributed by atoms with Gasteiger partial charge in [-0.15, -0.1) is 11.3 Å². The number of halogens is 1. The summed E-state index contributed by atoms with van der Waals surface area (Å²) in [4.78, 5) is 11.5. The van der Waals surface area contributed by atoms with Crippen molar-refractivity contribution in [2.24, 2.45) is 0 Å². The summed E-state index contributed by atoms with van der Waals surface area (Å²) in [6.45, 7) is 5.07. The van der Waals surface area contributed by atoms with Crippen molar-refractivity contribution in [3.8, 4) is 0 Å². The fourth-order valence-electron chi connectivity index (χ4n) is 1.45. The van der Waals surface area contributed by atoms with Crippen LogP contribution in [-0.2, 0) is 19.6 Å². The maximum Gasteiger partial charge on any atom is 0.321 e. The topological polar surface area (TPSA) is 63.7 Å². The third kappa shape index (κ3) is 4.01. The first-order chi connectivity index (χ1) is 8.80. The zero-order valence-corrected chi connectivity index (χ0v) is 14.1. The van der Waals surface area contributed by atoms with Crippen molar-refractivity contribution in [2.75, 3.05) is 13.2 Å². The van der Waals surface area contributed by atoms with Crippen LogP contribution in [0.4, 0.5) is 0 Å². The molecule has 0 saturated heterocycles. The van der Waals surface area contributed by atoms with Crippen LogP contribution in [0.2, 0.25) is 0 Å². The van der Waals surface area contributed by atoms with Crippen LogP contribution in [0.1, 0.15) is 20.8 Å². The summed E-state index contributed by atoms with van der Waals surface area (Å²) in [5.74, 6) is -0.549. The van der Waals surface area contributed by atoms with Crippen molar-refractivity contribution in [2.45, 2.75) is 31.0 Å². The SMILES string of the molecule is CCOC(=O)CN(C(C)C)S(=O)(=O)c1sccc1Br. The Morgan fingerprint density at radius 1 is 1.53 bits per heavy atom. The minimum Gasteiger partial charge on any atom is -0.465 e. The van der Waals surface area contributed by atoms with E-state index in [1.54, 1.807) is 32.2 Å². The molecule has 0 aliphatic rings. The Balaban J connectivity index is 3.06. The summed E-state index contributed by atoms with van der Waals surface area (Å²) in [5, 5.41) is 1.68. The third-order valence-corrected chi connectivity index (χ3v) is 6.96. The summed E-state index contributed by atoms with van der Waals surface area (Å²) < 4.78 is 31.6. The highest BCUT2D eigenvalue weighted by Crippen LogP contribution is 2.31. The van der Waals surface area contributed by atoms with E-state index < -0.39 is 16.0 Å². The quantitative estimate of drug-likeness (QED) is 0.722. The molecular weight excluding hydrogens is 354 g/mol. The van der Waals surface area contributed by atoms with Gasteiger partial charge in [0.25, 0.3) is 10.0 Å². The lowest BCUT2D eigenvalue weighted by molar-refractivity contribution is -0.143. The van der Waals surface area contributed by atoms with Crippen LogP contribution >= 0.6 is 27.3 Å². The number of esters is 1. The van der Waals surface area contributed by atoms with Gasteiger partial charge in [0.2, 0.25) is 0 Å². The summed E-state index contributed by atoms with van der Waals surface area (Å²) in [7, 11) is -3.70. The number of hydrogen-bond donors (Lipinski definition) is 0. The van der Waals surface area contributed by atoms with Crippen LogP contribution in [0.3, 0.4) is 0 Å². The number of hydrogen-bond acceptors (Lipinski definition) is 5. The van der Waals surface area contributed by atoms with Gasteiger partial charge in [0.15, 0.2) is 0 Å². The smallest absolute Gasteiger partial charge is 0.321 e. The number of sulfonamides is 1. The van der Waals surface area contributed by atoms with Gasteiger partial charge in [-0.2, -0.15) is 4.31 Å². The molecule has 108 valence electrons. The highest BCUT2D eigenvalue weighted by Gasteiger charge is 2.31. The van der Waals surface area contributed by atoms with E-state index in [0.717, 1.165) is 15.6 Å². The number of carbonyl (C=O) groups is 1. The lowest BCUT2D eigenvalue weighted by Crippen LogP contribution is -2.41. The fourth-order valence-corrected chi connectivity index (χ4v) is 5.46. The van der Waals surface area contributed by atoms with Crippen LogP contribution in [0.15, 0.2) is 20.1 Å². The van der Waals surface area contributed by atoms with Crippen molar-refractivity contribution >= 4 is 43.3 Å². The van der Waals surface area contributed by atoms with E-state index in [1.807, 2.05) is 0 Å². The van der Waals surface area contributed by atoms with Crippen LogP contribution in [-0.4, -0.2) is 37.9 Å². The van der Waals surface area contributed by atoms with Gasteiger partial charge in [0.05, 0.1) is 6.61 Å².